The van der Waals surface area contributed by atoms with E-state index in [0.717, 1.165) is 35.7 Å². The zero-order valence-corrected chi connectivity index (χ0v) is 15.1. The number of halogens is 1. The summed E-state index contributed by atoms with van der Waals surface area (Å²) in [6.07, 6.45) is 8.34. The van der Waals surface area contributed by atoms with Crippen molar-refractivity contribution in [3.63, 3.8) is 0 Å². The maximum absolute atomic E-state index is 4.69. The van der Waals surface area contributed by atoms with Crippen LogP contribution in [0.25, 0.3) is 0 Å². The molecule has 1 fully saturated rings. The number of pyridine rings is 1. The van der Waals surface area contributed by atoms with Gasteiger partial charge >= 0.3 is 0 Å². The Labute approximate surface area is 137 Å². The lowest BCUT2D eigenvalue weighted by atomic mass is 9.86. The SMILES string of the molecule is CCCNCc1cc(Br)cnc1N(C)C1CCC(C)CC1. The van der Waals surface area contributed by atoms with Crippen LogP contribution >= 0.6 is 15.9 Å². The summed E-state index contributed by atoms with van der Waals surface area (Å²) in [6, 6.07) is 2.84. The number of hydrogen-bond acceptors (Lipinski definition) is 3. The van der Waals surface area contributed by atoms with E-state index in [2.05, 4.69) is 53.1 Å². The Balaban J connectivity index is 2.09. The molecule has 1 saturated carbocycles. The second kappa shape index (κ2) is 8.14. The summed E-state index contributed by atoms with van der Waals surface area (Å²) in [5.74, 6) is 2.03. The van der Waals surface area contributed by atoms with E-state index in [9.17, 15) is 0 Å². The van der Waals surface area contributed by atoms with Gasteiger partial charge in [-0.15, -0.1) is 0 Å². The topological polar surface area (TPSA) is 28.2 Å². The third-order valence-electron chi connectivity index (χ3n) is 4.52. The van der Waals surface area contributed by atoms with Gasteiger partial charge < -0.3 is 10.2 Å². The van der Waals surface area contributed by atoms with E-state index < -0.39 is 0 Å². The van der Waals surface area contributed by atoms with Gasteiger partial charge in [0, 0.05) is 35.9 Å². The highest BCUT2D eigenvalue weighted by Gasteiger charge is 2.23. The van der Waals surface area contributed by atoms with Gasteiger partial charge in [-0.25, -0.2) is 4.98 Å². The van der Waals surface area contributed by atoms with Crippen LogP contribution in [0.5, 0.6) is 0 Å². The smallest absolute Gasteiger partial charge is 0.133 e. The largest absolute Gasteiger partial charge is 0.356 e. The third kappa shape index (κ3) is 4.68. The van der Waals surface area contributed by atoms with Crippen LogP contribution in [0.15, 0.2) is 16.7 Å². The van der Waals surface area contributed by atoms with Crippen LogP contribution in [0.1, 0.15) is 51.5 Å². The molecule has 0 atom stereocenters. The van der Waals surface area contributed by atoms with Crippen molar-refractivity contribution < 1.29 is 0 Å². The highest BCUT2D eigenvalue weighted by molar-refractivity contribution is 9.10. The number of nitrogens with one attached hydrogen (secondary N) is 1. The second-order valence-corrected chi connectivity index (χ2v) is 7.25. The molecule has 0 bridgehead atoms. The zero-order chi connectivity index (χ0) is 15.2. The number of nitrogens with zero attached hydrogens (tertiary/aromatic N) is 2. The minimum Gasteiger partial charge on any atom is -0.356 e. The third-order valence-corrected chi connectivity index (χ3v) is 4.95. The predicted octanol–water partition coefficient (Wildman–Crippen LogP) is 4.36. The molecule has 118 valence electrons. The lowest BCUT2D eigenvalue weighted by Crippen LogP contribution is -2.36. The average molecular weight is 354 g/mol. The minimum atomic E-state index is 0.639. The lowest BCUT2D eigenvalue weighted by molar-refractivity contribution is 0.339. The van der Waals surface area contributed by atoms with Crippen LogP contribution in [-0.4, -0.2) is 24.6 Å². The Bertz CT molecular complexity index is 442. The van der Waals surface area contributed by atoms with Crippen molar-refractivity contribution in [2.45, 2.75) is 58.5 Å². The Kier molecular flexibility index (Phi) is 6.49. The standard InChI is InChI=1S/C17H28BrN3/c1-4-9-19-11-14-10-15(18)12-20-17(14)21(3)16-7-5-13(2)6-8-16/h10,12-13,16,19H,4-9,11H2,1-3H3. The zero-order valence-electron chi connectivity index (χ0n) is 13.5. The van der Waals surface area contributed by atoms with E-state index in [-0.39, 0.29) is 0 Å². The van der Waals surface area contributed by atoms with Crippen LogP contribution < -0.4 is 10.2 Å². The van der Waals surface area contributed by atoms with Crippen LogP contribution in [0.3, 0.4) is 0 Å². The first kappa shape index (κ1) is 16.8. The van der Waals surface area contributed by atoms with Gasteiger partial charge in [-0.1, -0.05) is 13.8 Å². The van der Waals surface area contributed by atoms with Crippen LogP contribution in [0.2, 0.25) is 0 Å². The lowest BCUT2D eigenvalue weighted by Gasteiger charge is -2.35. The van der Waals surface area contributed by atoms with Gasteiger partial charge in [-0.05, 0) is 66.6 Å². The quantitative estimate of drug-likeness (QED) is 0.770. The van der Waals surface area contributed by atoms with Gasteiger partial charge in [0.15, 0.2) is 0 Å². The van der Waals surface area contributed by atoms with Crippen molar-refractivity contribution in [3.05, 3.63) is 22.3 Å². The molecule has 0 radical (unpaired) electrons. The van der Waals surface area contributed by atoms with Gasteiger partial charge in [0.2, 0.25) is 0 Å². The molecule has 1 aliphatic carbocycles. The van der Waals surface area contributed by atoms with Crippen LogP contribution in [0.4, 0.5) is 5.82 Å². The number of anilines is 1. The fourth-order valence-corrected chi connectivity index (χ4v) is 3.50. The Hall–Kier alpha value is -0.610. The average Bonchev–Trinajstić information content (AvgIpc) is 2.48. The summed E-state index contributed by atoms with van der Waals surface area (Å²) >= 11 is 3.55. The molecule has 3 nitrogen and oxygen atoms in total. The summed E-state index contributed by atoms with van der Waals surface area (Å²) in [5, 5.41) is 3.50. The predicted molar refractivity (Wildman–Crippen MR) is 93.8 cm³/mol. The molecule has 1 aromatic rings. The van der Waals surface area contributed by atoms with Crippen molar-refractivity contribution >= 4 is 21.7 Å². The molecule has 1 aromatic heterocycles. The first-order valence-corrected chi connectivity index (χ1v) is 8.99. The van der Waals surface area contributed by atoms with Crippen molar-refractivity contribution in [1.82, 2.24) is 10.3 Å². The maximum Gasteiger partial charge on any atom is 0.133 e. The molecule has 0 saturated heterocycles. The van der Waals surface area contributed by atoms with E-state index in [4.69, 9.17) is 4.98 Å². The molecule has 0 aliphatic heterocycles. The van der Waals surface area contributed by atoms with E-state index in [1.807, 2.05) is 6.20 Å². The van der Waals surface area contributed by atoms with E-state index in [0.29, 0.717) is 6.04 Å². The molecule has 1 N–H and O–H groups in total. The molecule has 0 spiro atoms. The normalized spacial score (nSPS) is 22.3. The van der Waals surface area contributed by atoms with Crippen molar-refractivity contribution in [2.24, 2.45) is 5.92 Å². The molecule has 0 unspecified atom stereocenters. The first-order valence-electron chi connectivity index (χ1n) is 8.19. The molecular formula is C17H28BrN3. The fourth-order valence-electron chi connectivity index (χ4n) is 3.12. The van der Waals surface area contributed by atoms with E-state index in [1.54, 1.807) is 0 Å². The monoisotopic (exact) mass is 353 g/mol. The number of aromatic nitrogens is 1. The Morgan fingerprint density at radius 2 is 2.05 bits per heavy atom. The summed E-state index contributed by atoms with van der Waals surface area (Å²) < 4.78 is 1.06. The Morgan fingerprint density at radius 3 is 2.71 bits per heavy atom. The molecule has 0 aromatic carbocycles. The summed E-state index contributed by atoms with van der Waals surface area (Å²) in [7, 11) is 2.21. The van der Waals surface area contributed by atoms with Gasteiger partial charge in [0.05, 0.1) is 0 Å². The molecule has 0 amide bonds. The summed E-state index contributed by atoms with van der Waals surface area (Å²) in [5.41, 5.74) is 1.29. The maximum atomic E-state index is 4.69. The van der Waals surface area contributed by atoms with Crippen LogP contribution in [-0.2, 0) is 6.54 Å². The van der Waals surface area contributed by atoms with Crippen molar-refractivity contribution in [3.8, 4) is 0 Å². The highest BCUT2D eigenvalue weighted by atomic mass is 79.9. The summed E-state index contributed by atoms with van der Waals surface area (Å²) in [6.45, 7) is 6.51. The van der Waals surface area contributed by atoms with E-state index in [1.165, 1.54) is 31.2 Å². The van der Waals surface area contributed by atoms with Gasteiger partial charge in [0.25, 0.3) is 0 Å². The van der Waals surface area contributed by atoms with Crippen molar-refractivity contribution in [2.75, 3.05) is 18.5 Å². The summed E-state index contributed by atoms with van der Waals surface area (Å²) in [4.78, 5) is 7.09. The highest BCUT2D eigenvalue weighted by Crippen LogP contribution is 2.30. The fraction of sp³-hybridized carbons (Fsp3) is 0.706. The molecule has 1 heterocycles. The number of hydrogen-bond donors (Lipinski definition) is 1. The molecular weight excluding hydrogens is 326 g/mol. The van der Waals surface area contributed by atoms with Gasteiger partial charge in [0.1, 0.15) is 5.82 Å². The molecule has 21 heavy (non-hydrogen) atoms. The van der Waals surface area contributed by atoms with E-state index >= 15 is 0 Å². The first-order chi connectivity index (χ1) is 10.1. The van der Waals surface area contributed by atoms with Gasteiger partial charge in [-0.2, -0.15) is 0 Å². The molecule has 4 heteroatoms. The minimum absolute atomic E-state index is 0.639. The van der Waals surface area contributed by atoms with Crippen molar-refractivity contribution in [1.29, 1.82) is 0 Å². The van der Waals surface area contributed by atoms with Gasteiger partial charge in [-0.3, -0.25) is 0 Å². The Morgan fingerprint density at radius 1 is 1.33 bits per heavy atom. The number of rotatable bonds is 6. The second-order valence-electron chi connectivity index (χ2n) is 6.34. The molecule has 1 aliphatic rings. The molecule has 2 rings (SSSR count). The van der Waals surface area contributed by atoms with Crippen LogP contribution in [0, 0.1) is 5.92 Å².